The summed E-state index contributed by atoms with van der Waals surface area (Å²) in [6, 6.07) is 57.3. The molecule has 10 N–H and O–H groups in total. The minimum absolute atomic E-state index is 0.103. The van der Waals surface area contributed by atoms with E-state index in [1.165, 1.54) is 0 Å². The van der Waals surface area contributed by atoms with Crippen LogP contribution in [0.5, 0.6) is 0 Å². The van der Waals surface area contributed by atoms with Crippen molar-refractivity contribution in [1.82, 2.24) is 31.9 Å². The van der Waals surface area contributed by atoms with E-state index >= 15 is 0 Å². The van der Waals surface area contributed by atoms with Gasteiger partial charge in [-0.25, -0.2) is 24.0 Å². The molecule has 1 saturated carbocycles. The highest BCUT2D eigenvalue weighted by atomic mass is 28.4. The van der Waals surface area contributed by atoms with Crippen molar-refractivity contribution in [2.75, 3.05) is 39.5 Å². The van der Waals surface area contributed by atoms with E-state index in [2.05, 4.69) is 31.9 Å². The molecular weight excluding hydrogens is 1540 g/mol. The van der Waals surface area contributed by atoms with Gasteiger partial charge in [-0.3, -0.25) is 0 Å². The highest BCUT2D eigenvalue weighted by Gasteiger charge is 2.59. The number of ether oxygens (including phenoxy) is 14. The zero-order valence-corrected chi connectivity index (χ0v) is 67.6. The normalized spacial score (nSPS) is 27.6. The maximum Gasteiger partial charge on any atom is 0.407 e. The van der Waals surface area contributed by atoms with Gasteiger partial charge in [-0.2, -0.15) is 0 Å². The summed E-state index contributed by atoms with van der Waals surface area (Å²) in [6.07, 6.45) is -29.0. The lowest BCUT2D eigenvalue weighted by molar-refractivity contribution is -0.358. The molecule has 118 heavy (non-hydrogen) atoms. The fourth-order valence-electron chi connectivity index (χ4n) is 14.1. The molecule has 0 radical (unpaired) electrons. The Morgan fingerprint density at radius 2 is 0.873 bits per heavy atom. The highest BCUT2D eigenvalue weighted by molar-refractivity contribution is 6.74. The van der Waals surface area contributed by atoms with Crippen LogP contribution in [0.3, 0.4) is 0 Å². The predicted molar refractivity (Wildman–Crippen MR) is 429 cm³/mol. The number of rotatable bonds is 34. The van der Waals surface area contributed by atoms with Gasteiger partial charge in [-0.05, 0) is 77.3 Å². The maximum absolute atomic E-state index is 14.7. The second-order valence-corrected chi connectivity index (χ2v) is 35.9. The van der Waals surface area contributed by atoms with Crippen LogP contribution in [0.15, 0.2) is 212 Å². The summed E-state index contributed by atoms with van der Waals surface area (Å²) in [5, 5.41) is 67.7. The number of aliphatic hydroxyl groups excluding tert-OH is 4. The maximum atomic E-state index is 14.7. The van der Waals surface area contributed by atoms with Crippen molar-refractivity contribution >= 4 is 38.8 Å². The number of fused-ring (bicyclic) bond motifs is 1. The highest BCUT2D eigenvalue weighted by Crippen LogP contribution is 2.42. The molecule has 5 amide bonds. The molecule has 4 aliphatic heterocycles. The van der Waals surface area contributed by atoms with Crippen molar-refractivity contribution in [1.29, 1.82) is 0 Å². The van der Waals surface area contributed by atoms with Crippen LogP contribution < -0.4 is 31.9 Å². The molecule has 12 rings (SSSR count). The number of alkyl carbamates (subject to hydrolysis) is 5. The second-order valence-electron chi connectivity index (χ2n) is 31.1. The van der Waals surface area contributed by atoms with Gasteiger partial charge < -0.3 is 123 Å². The van der Waals surface area contributed by atoms with Crippen LogP contribution in [0, 0.1) is 0 Å². The van der Waals surface area contributed by atoms with Crippen molar-refractivity contribution in [3.63, 3.8) is 0 Å². The van der Waals surface area contributed by atoms with Crippen LogP contribution in [-0.4, -0.2) is 215 Å². The number of hydrogen-bond donors (Lipinski definition) is 10. The van der Waals surface area contributed by atoms with Crippen molar-refractivity contribution < 1.29 is 115 Å². The van der Waals surface area contributed by atoms with Gasteiger partial charge in [0.2, 0.25) is 0 Å². The molecule has 1 unspecified atom stereocenters. The van der Waals surface area contributed by atoms with Gasteiger partial charge in [0, 0.05) is 18.7 Å². The van der Waals surface area contributed by atoms with E-state index < -0.39 is 173 Å². The Kier molecular flexibility index (Phi) is 32.0. The third-order valence-electron chi connectivity index (χ3n) is 21.6. The van der Waals surface area contributed by atoms with Crippen LogP contribution >= 0.6 is 0 Å². The van der Waals surface area contributed by atoms with Gasteiger partial charge in [-0.15, -0.1) is 0 Å². The second kappa shape index (κ2) is 42.9. The van der Waals surface area contributed by atoms with Crippen molar-refractivity contribution in [2.45, 2.75) is 214 Å². The van der Waals surface area contributed by atoms with Gasteiger partial charge in [0.1, 0.15) is 118 Å². The fraction of sp³-hybridized carbons (Fsp3) is 0.460. The minimum atomic E-state index is -2.81. The number of hydrogen-bond acceptors (Lipinski definition) is 25. The van der Waals surface area contributed by atoms with E-state index in [0.29, 0.717) is 39.9 Å². The lowest BCUT2D eigenvalue weighted by Gasteiger charge is -2.51. The molecule has 634 valence electrons. The summed E-state index contributed by atoms with van der Waals surface area (Å²) < 4.78 is 97.8. The van der Waals surface area contributed by atoms with Crippen LogP contribution in [0.25, 0.3) is 0 Å². The summed E-state index contributed by atoms with van der Waals surface area (Å²) in [6.45, 7) is 9.00. The molecule has 20 atom stereocenters. The average molecular weight is 1650 g/mol. The van der Waals surface area contributed by atoms with E-state index in [1.807, 2.05) is 82.4 Å². The van der Waals surface area contributed by atoms with E-state index in [9.17, 15) is 44.4 Å². The van der Waals surface area contributed by atoms with Crippen LogP contribution in [0.1, 0.15) is 78.8 Å². The molecule has 5 aliphatic rings. The Balaban J connectivity index is 0.932. The summed E-state index contributed by atoms with van der Waals surface area (Å²) >= 11 is 0. The lowest BCUT2D eigenvalue weighted by Crippen LogP contribution is -2.71. The first-order chi connectivity index (χ1) is 57.1. The number of nitrogens with one attached hydrogen (secondary N) is 6. The molecule has 31 heteroatoms. The average Bonchev–Trinajstić information content (AvgIpc) is 1.31. The van der Waals surface area contributed by atoms with E-state index in [-0.39, 0.29) is 65.8 Å². The largest absolute Gasteiger partial charge is 0.445 e. The Morgan fingerprint density at radius 3 is 1.38 bits per heavy atom. The van der Waals surface area contributed by atoms with Gasteiger partial charge in [0.15, 0.2) is 33.5 Å². The van der Waals surface area contributed by atoms with E-state index in [4.69, 9.17) is 70.7 Å². The number of aliphatic hydroxyl groups is 4. The zero-order valence-electron chi connectivity index (χ0n) is 66.6. The number of carbonyl (C=O) groups excluding carboxylic acids is 5. The first-order valence-electron chi connectivity index (χ1n) is 39.9. The smallest absolute Gasteiger partial charge is 0.407 e. The first-order valence-corrected chi connectivity index (χ1v) is 42.8. The molecule has 4 heterocycles. The van der Waals surface area contributed by atoms with Gasteiger partial charge in [0.25, 0.3) is 0 Å². The molecule has 4 saturated heterocycles. The Hall–Kier alpha value is -9.49. The third kappa shape index (κ3) is 24.8. The van der Waals surface area contributed by atoms with Crippen molar-refractivity contribution in [2.24, 2.45) is 0 Å². The molecule has 0 spiro atoms. The van der Waals surface area contributed by atoms with E-state index in [0.717, 1.165) is 18.4 Å². The van der Waals surface area contributed by atoms with Crippen LogP contribution in [0.2, 0.25) is 18.1 Å². The standard InChI is InChI=1S/C87H108N6O24Si/c1-87(2,3)118(4,5)110-54-66-75(116-79-67(92-85(101)108-51-59-36-21-10-22-37-59)71(96)70(95)64(111-79)47-89-82(98)105-48-56-30-15-7-16-31-56)77(103-45-44-88-43-27-40-55-28-13-6-14-29-55)81(113-66)117-76-69(94)62(90-83(99)106-49-57-32-17-8-18-33-57)46-63(91-84(100)107-50-58-34-19-9-20-35-58)73(76)114-80-68(93-86(102)109-52-60-38-23-11-24-39-60)72(97)74-65(112-80)53-104-78(115-74)61-41-25-12-26-42-61/h6-26,28-39,41-42,62-81,88,94-97H,27,40,43-54H2,1-5H3,(H,89,98)(H,90,99)(H,91,100)(H,92,101)(H,93,102)/t62-,63+,64+,65-,66-,67-,68-,69+,70-,71-,72-,73-,74-,75-,76-,77-,78?,79-,80-,81+/m1/s1. The topological polar surface area (TPSA) is 377 Å². The number of aryl methyl sites for hydroxylation is 1. The predicted octanol–water partition coefficient (Wildman–Crippen LogP) is 9.01. The van der Waals surface area contributed by atoms with Gasteiger partial charge in [0.05, 0.1) is 31.9 Å². The van der Waals surface area contributed by atoms with Crippen molar-refractivity contribution in [3.8, 4) is 0 Å². The summed E-state index contributed by atoms with van der Waals surface area (Å²) in [4.78, 5) is 71.1. The zero-order chi connectivity index (χ0) is 83.0. The molecular formula is C87H108N6O24Si. The monoisotopic (exact) mass is 1650 g/mol. The lowest BCUT2D eigenvalue weighted by atomic mass is 9.83. The number of benzene rings is 7. The number of carbonyl (C=O) groups is 5. The third-order valence-corrected chi connectivity index (χ3v) is 26.1. The molecule has 5 fully saturated rings. The Labute approximate surface area is 687 Å². The van der Waals surface area contributed by atoms with E-state index in [1.54, 1.807) is 164 Å². The molecule has 7 aromatic rings. The number of amides is 5. The SMILES string of the molecule is CC(C)(C)[Si](C)(C)OC[C@H]1O[C@@H](O[C@@H]2[C@@H](O)[C@H](NC(=O)OCc3ccccc3)C[C@H](NC(=O)OCc3ccccc3)[C@H]2O[C@H]2O[C@@H]3COC(c4ccccc4)O[C@H]3[C@H](O)[C@H]2NC(=O)OCc2ccccc2)[C@H](OCCNCCCc2ccccc2)[C@@H]1O[C@H]1O[C@@H](CNC(=O)OCc2ccccc2)[C@@H](O)[C@H](O)[C@H]1NC(=O)OCc1ccccc1. The minimum Gasteiger partial charge on any atom is -0.445 e. The summed E-state index contributed by atoms with van der Waals surface area (Å²) in [7, 11) is -2.81. The molecule has 0 bridgehead atoms. The molecule has 1 aliphatic carbocycles. The Morgan fingerprint density at radius 1 is 0.441 bits per heavy atom. The Bertz CT molecular complexity index is 4220. The van der Waals surface area contributed by atoms with Crippen molar-refractivity contribution in [3.05, 3.63) is 251 Å². The summed E-state index contributed by atoms with van der Waals surface area (Å²) in [5.41, 5.74) is 5.00. The van der Waals surface area contributed by atoms with Gasteiger partial charge in [-0.1, -0.05) is 233 Å². The molecule has 0 aromatic heterocycles. The quantitative estimate of drug-likeness (QED) is 0.0102. The molecule has 7 aromatic carbocycles. The fourth-order valence-corrected chi connectivity index (χ4v) is 15.1. The first kappa shape index (κ1) is 87.8. The van der Waals surface area contributed by atoms with Crippen LogP contribution in [0.4, 0.5) is 24.0 Å². The van der Waals surface area contributed by atoms with Crippen LogP contribution in [-0.2, 0) is 110 Å². The van der Waals surface area contributed by atoms with Gasteiger partial charge >= 0.3 is 30.5 Å². The molecule has 30 nitrogen and oxygen atoms in total. The summed E-state index contributed by atoms with van der Waals surface area (Å²) in [5.74, 6) is 0.